The van der Waals surface area contributed by atoms with Crippen molar-refractivity contribution in [2.24, 2.45) is 0 Å². The lowest BCUT2D eigenvalue weighted by molar-refractivity contribution is -0.385. The first-order valence-corrected chi connectivity index (χ1v) is 8.24. The second-order valence-corrected chi connectivity index (χ2v) is 5.34. The molecule has 0 fully saturated rings. The highest BCUT2D eigenvalue weighted by molar-refractivity contribution is 6.12. The zero-order valence-corrected chi connectivity index (χ0v) is 15.2. The molecule has 0 bridgehead atoms. The molecule has 0 heterocycles. The molecular weight excluding hydrogens is 354 g/mol. The number of nitrogens with zero attached hydrogens (tertiary/aromatic N) is 1. The number of nitro groups is 1. The van der Waals surface area contributed by atoms with Gasteiger partial charge in [-0.1, -0.05) is 12.1 Å². The summed E-state index contributed by atoms with van der Waals surface area (Å²) in [5.74, 6) is -0.662. The number of hydrogen-bond acceptors (Lipinski definition) is 7. The van der Waals surface area contributed by atoms with Gasteiger partial charge < -0.3 is 14.2 Å². The van der Waals surface area contributed by atoms with Crippen molar-refractivity contribution in [1.82, 2.24) is 0 Å². The van der Waals surface area contributed by atoms with Gasteiger partial charge in [0.15, 0.2) is 17.3 Å². The van der Waals surface area contributed by atoms with Crippen LogP contribution in [0.3, 0.4) is 0 Å². The Kier molecular flexibility index (Phi) is 6.48. The zero-order valence-electron chi connectivity index (χ0n) is 15.2. The Morgan fingerprint density at radius 1 is 0.963 bits per heavy atom. The van der Waals surface area contributed by atoms with Crippen LogP contribution in [0.15, 0.2) is 36.4 Å². The van der Waals surface area contributed by atoms with Crippen LogP contribution in [0.25, 0.3) is 0 Å². The summed E-state index contributed by atoms with van der Waals surface area (Å²) in [4.78, 5) is 35.1. The van der Waals surface area contributed by atoms with E-state index >= 15 is 0 Å². The highest BCUT2D eigenvalue weighted by Gasteiger charge is 2.26. The lowest BCUT2D eigenvalue weighted by Crippen LogP contribution is -2.09. The lowest BCUT2D eigenvalue weighted by Gasteiger charge is -2.13. The third-order valence-electron chi connectivity index (χ3n) is 3.67. The number of methoxy groups -OCH3 is 1. The van der Waals surface area contributed by atoms with Gasteiger partial charge in [-0.2, -0.15) is 0 Å². The van der Waals surface area contributed by atoms with Crippen molar-refractivity contribution in [3.05, 3.63) is 63.2 Å². The third kappa shape index (κ3) is 4.41. The van der Waals surface area contributed by atoms with Crippen molar-refractivity contribution in [2.45, 2.75) is 13.8 Å². The summed E-state index contributed by atoms with van der Waals surface area (Å²) in [6.07, 6.45) is 0. The van der Waals surface area contributed by atoms with Gasteiger partial charge >= 0.3 is 5.97 Å². The molecule has 2 aromatic rings. The topological polar surface area (TPSA) is 105 Å². The van der Waals surface area contributed by atoms with Crippen LogP contribution in [-0.4, -0.2) is 37.0 Å². The van der Waals surface area contributed by atoms with Crippen molar-refractivity contribution in [2.75, 3.05) is 20.3 Å². The molecular formula is C19H19NO7. The summed E-state index contributed by atoms with van der Waals surface area (Å²) >= 11 is 0. The normalized spacial score (nSPS) is 10.2. The van der Waals surface area contributed by atoms with Crippen LogP contribution >= 0.6 is 0 Å². The SMILES string of the molecule is CCOc1cc(C(=O)c2ccc(C(=O)OC)cc2)c([N+](=O)[O-])cc1OCC. The summed E-state index contributed by atoms with van der Waals surface area (Å²) in [5.41, 5.74) is -0.0516. The molecule has 2 rings (SSSR count). The summed E-state index contributed by atoms with van der Waals surface area (Å²) in [5, 5.41) is 11.5. The van der Waals surface area contributed by atoms with Crippen molar-refractivity contribution in [1.29, 1.82) is 0 Å². The molecule has 0 aliphatic carbocycles. The molecule has 0 saturated heterocycles. The van der Waals surface area contributed by atoms with E-state index in [-0.39, 0.29) is 33.9 Å². The molecule has 0 aromatic heterocycles. The number of esters is 1. The van der Waals surface area contributed by atoms with E-state index in [1.807, 2.05) is 0 Å². The van der Waals surface area contributed by atoms with E-state index < -0.39 is 16.7 Å². The molecule has 142 valence electrons. The number of ether oxygens (including phenoxy) is 3. The molecule has 0 saturated carbocycles. The number of ketones is 1. The number of hydrogen-bond donors (Lipinski definition) is 0. The predicted octanol–water partition coefficient (Wildman–Crippen LogP) is 3.41. The largest absolute Gasteiger partial charge is 0.490 e. The first-order chi connectivity index (χ1) is 12.9. The standard InChI is InChI=1S/C19H19NO7/c1-4-26-16-10-14(15(20(23)24)11-17(16)27-5-2)18(21)12-6-8-13(9-7-12)19(22)25-3/h6-11H,4-5H2,1-3H3. The van der Waals surface area contributed by atoms with E-state index in [0.29, 0.717) is 13.2 Å². The van der Waals surface area contributed by atoms with Gasteiger partial charge in [0.25, 0.3) is 5.69 Å². The number of carbonyl (C=O) groups excluding carboxylic acids is 2. The second-order valence-electron chi connectivity index (χ2n) is 5.34. The minimum absolute atomic E-state index is 0.127. The molecule has 8 nitrogen and oxygen atoms in total. The molecule has 0 aliphatic heterocycles. The fourth-order valence-corrected chi connectivity index (χ4v) is 2.45. The fourth-order valence-electron chi connectivity index (χ4n) is 2.45. The Labute approximate surface area is 155 Å². The lowest BCUT2D eigenvalue weighted by atomic mass is 10.00. The number of benzene rings is 2. The monoisotopic (exact) mass is 373 g/mol. The molecule has 27 heavy (non-hydrogen) atoms. The van der Waals surface area contributed by atoms with Gasteiger partial charge in [-0.05, 0) is 26.0 Å². The van der Waals surface area contributed by atoms with E-state index in [4.69, 9.17) is 9.47 Å². The minimum Gasteiger partial charge on any atom is -0.490 e. The summed E-state index contributed by atoms with van der Waals surface area (Å²) in [6, 6.07) is 8.16. The fraction of sp³-hybridized carbons (Fsp3) is 0.263. The minimum atomic E-state index is -0.645. The van der Waals surface area contributed by atoms with Crippen LogP contribution in [-0.2, 0) is 4.74 Å². The third-order valence-corrected chi connectivity index (χ3v) is 3.67. The average Bonchev–Trinajstić information content (AvgIpc) is 2.68. The summed E-state index contributed by atoms with van der Waals surface area (Å²) in [6.45, 7) is 4.09. The maximum absolute atomic E-state index is 12.8. The van der Waals surface area contributed by atoms with Crippen LogP contribution < -0.4 is 9.47 Å². The Morgan fingerprint density at radius 2 is 1.48 bits per heavy atom. The van der Waals surface area contributed by atoms with Crippen LogP contribution in [0.1, 0.15) is 40.1 Å². The summed E-state index contributed by atoms with van der Waals surface area (Å²) < 4.78 is 15.4. The van der Waals surface area contributed by atoms with Crippen LogP contribution in [0, 0.1) is 10.1 Å². The van der Waals surface area contributed by atoms with Crippen molar-refractivity contribution in [3.8, 4) is 11.5 Å². The number of carbonyl (C=O) groups is 2. The second kappa shape index (κ2) is 8.79. The van der Waals surface area contributed by atoms with Crippen molar-refractivity contribution in [3.63, 3.8) is 0 Å². The number of rotatable bonds is 8. The molecule has 0 amide bonds. The van der Waals surface area contributed by atoms with Crippen molar-refractivity contribution < 1.29 is 28.7 Å². The Hall–Kier alpha value is -3.42. The predicted molar refractivity (Wildman–Crippen MR) is 96.6 cm³/mol. The molecule has 0 aliphatic rings. The Morgan fingerprint density at radius 3 is 1.96 bits per heavy atom. The smallest absolute Gasteiger partial charge is 0.337 e. The van der Waals surface area contributed by atoms with Gasteiger partial charge in [-0.3, -0.25) is 14.9 Å². The van der Waals surface area contributed by atoms with Crippen LogP contribution in [0.2, 0.25) is 0 Å². The van der Waals surface area contributed by atoms with E-state index in [1.165, 1.54) is 43.5 Å². The van der Waals surface area contributed by atoms with Crippen LogP contribution in [0.4, 0.5) is 5.69 Å². The number of nitro benzene ring substituents is 1. The van der Waals surface area contributed by atoms with Gasteiger partial charge in [-0.15, -0.1) is 0 Å². The maximum Gasteiger partial charge on any atom is 0.337 e. The Bertz CT molecular complexity index is 859. The average molecular weight is 373 g/mol. The van der Waals surface area contributed by atoms with Gasteiger partial charge in [-0.25, -0.2) is 4.79 Å². The van der Waals surface area contributed by atoms with E-state index in [0.717, 1.165) is 0 Å². The maximum atomic E-state index is 12.8. The van der Waals surface area contributed by atoms with Gasteiger partial charge in [0.1, 0.15) is 5.56 Å². The molecule has 0 spiro atoms. The highest BCUT2D eigenvalue weighted by atomic mass is 16.6. The van der Waals surface area contributed by atoms with E-state index in [1.54, 1.807) is 13.8 Å². The van der Waals surface area contributed by atoms with Gasteiger partial charge in [0.2, 0.25) is 0 Å². The highest BCUT2D eigenvalue weighted by Crippen LogP contribution is 2.36. The molecule has 2 aromatic carbocycles. The van der Waals surface area contributed by atoms with Gasteiger partial charge in [0, 0.05) is 11.6 Å². The molecule has 0 N–H and O–H groups in total. The first kappa shape index (κ1) is 19.9. The van der Waals surface area contributed by atoms with E-state index in [9.17, 15) is 19.7 Å². The molecule has 0 unspecified atom stereocenters. The van der Waals surface area contributed by atoms with Crippen molar-refractivity contribution >= 4 is 17.4 Å². The van der Waals surface area contributed by atoms with Gasteiger partial charge in [0.05, 0.1) is 36.9 Å². The van der Waals surface area contributed by atoms with E-state index in [2.05, 4.69) is 4.74 Å². The summed E-state index contributed by atoms with van der Waals surface area (Å²) in [7, 11) is 1.25. The first-order valence-electron chi connectivity index (χ1n) is 8.24. The zero-order chi connectivity index (χ0) is 20.0. The molecule has 0 atom stereocenters. The molecule has 0 radical (unpaired) electrons. The molecule has 8 heteroatoms. The van der Waals surface area contributed by atoms with Crippen LogP contribution in [0.5, 0.6) is 11.5 Å². The Balaban J connectivity index is 2.51. The quantitative estimate of drug-likeness (QED) is 0.302.